The van der Waals surface area contributed by atoms with Gasteiger partial charge in [0.1, 0.15) is 18.2 Å². The Bertz CT molecular complexity index is 972. The highest BCUT2D eigenvalue weighted by Gasteiger charge is 2.18. The maximum absolute atomic E-state index is 12.9. The van der Waals surface area contributed by atoms with Gasteiger partial charge in [0, 0.05) is 5.69 Å². The molecule has 0 saturated carbocycles. The molecule has 0 unspecified atom stereocenters. The number of esters is 1. The number of hydrogen-bond acceptors (Lipinski definition) is 4. The molecule has 0 saturated heterocycles. The zero-order valence-corrected chi connectivity index (χ0v) is 16.5. The molecule has 1 atom stereocenters. The van der Waals surface area contributed by atoms with Gasteiger partial charge in [-0.1, -0.05) is 42.5 Å². The first kappa shape index (κ1) is 21.0. The van der Waals surface area contributed by atoms with Crippen LogP contribution in [0.2, 0.25) is 0 Å². The molecule has 3 rings (SSSR count). The number of carbonyl (C=O) groups is 2. The zero-order valence-electron chi connectivity index (χ0n) is 16.5. The second kappa shape index (κ2) is 10.2. The van der Waals surface area contributed by atoms with Gasteiger partial charge in [-0.3, -0.25) is 9.59 Å². The molecule has 0 aliphatic rings. The van der Waals surface area contributed by atoms with Gasteiger partial charge < -0.3 is 14.8 Å². The van der Waals surface area contributed by atoms with Crippen LogP contribution in [0.3, 0.4) is 0 Å². The number of halogens is 1. The standard InChI is InChI=1S/C24H22FNO4/c1-17(30-23(27)15-18-7-9-20(25)10-8-18)24(28)26-21-11-13-22(14-12-21)29-16-19-5-3-2-4-6-19/h2-14,17H,15-16H2,1H3,(H,26,28)/t17-/m1/s1. The van der Waals surface area contributed by atoms with E-state index in [1.165, 1.54) is 31.2 Å². The summed E-state index contributed by atoms with van der Waals surface area (Å²) in [4.78, 5) is 24.3. The number of benzene rings is 3. The van der Waals surface area contributed by atoms with Crippen molar-refractivity contribution in [2.45, 2.75) is 26.1 Å². The van der Waals surface area contributed by atoms with Crippen molar-refractivity contribution in [3.63, 3.8) is 0 Å². The molecule has 30 heavy (non-hydrogen) atoms. The van der Waals surface area contributed by atoms with Crippen LogP contribution in [0.15, 0.2) is 78.9 Å². The van der Waals surface area contributed by atoms with Gasteiger partial charge in [-0.2, -0.15) is 0 Å². The Morgan fingerprint density at radius 1 is 0.900 bits per heavy atom. The predicted molar refractivity (Wildman–Crippen MR) is 112 cm³/mol. The predicted octanol–water partition coefficient (Wildman–Crippen LogP) is 4.52. The number of hydrogen-bond donors (Lipinski definition) is 1. The Hall–Kier alpha value is -3.67. The van der Waals surface area contributed by atoms with Gasteiger partial charge in [-0.05, 0) is 54.4 Å². The molecule has 0 aromatic heterocycles. The highest BCUT2D eigenvalue weighted by atomic mass is 19.1. The summed E-state index contributed by atoms with van der Waals surface area (Å²) in [7, 11) is 0. The van der Waals surface area contributed by atoms with Crippen molar-refractivity contribution in [2.24, 2.45) is 0 Å². The largest absolute Gasteiger partial charge is 0.489 e. The lowest BCUT2D eigenvalue weighted by molar-refractivity contribution is -0.152. The maximum Gasteiger partial charge on any atom is 0.311 e. The average Bonchev–Trinajstić information content (AvgIpc) is 2.75. The Morgan fingerprint density at radius 2 is 1.57 bits per heavy atom. The van der Waals surface area contributed by atoms with Gasteiger partial charge in [0.2, 0.25) is 0 Å². The number of rotatable bonds is 8. The van der Waals surface area contributed by atoms with E-state index in [9.17, 15) is 14.0 Å². The third-order valence-electron chi connectivity index (χ3n) is 4.31. The van der Waals surface area contributed by atoms with E-state index < -0.39 is 18.0 Å². The molecule has 0 bridgehead atoms. The van der Waals surface area contributed by atoms with Crippen LogP contribution in [0.1, 0.15) is 18.1 Å². The van der Waals surface area contributed by atoms with Crippen LogP contribution in [-0.4, -0.2) is 18.0 Å². The molecule has 154 valence electrons. The van der Waals surface area contributed by atoms with E-state index >= 15 is 0 Å². The first-order valence-electron chi connectivity index (χ1n) is 9.51. The van der Waals surface area contributed by atoms with E-state index in [0.717, 1.165) is 5.56 Å². The van der Waals surface area contributed by atoms with E-state index in [1.54, 1.807) is 24.3 Å². The van der Waals surface area contributed by atoms with Crippen molar-refractivity contribution >= 4 is 17.6 Å². The molecule has 0 radical (unpaired) electrons. The third-order valence-corrected chi connectivity index (χ3v) is 4.31. The van der Waals surface area contributed by atoms with E-state index in [-0.39, 0.29) is 12.2 Å². The number of carbonyl (C=O) groups excluding carboxylic acids is 2. The fraction of sp³-hybridized carbons (Fsp3) is 0.167. The van der Waals surface area contributed by atoms with Gasteiger partial charge in [0.05, 0.1) is 6.42 Å². The summed E-state index contributed by atoms with van der Waals surface area (Å²) >= 11 is 0. The molecule has 3 aromatic carbocycles. The fourth-order valence-corrected chi connectivity index (χ4v) is 2.68. The quantitative estimate of drug-likeness (QED) is 0.558. The molecule has 1 amide bonds. The molecule has 0 aliphatic carbocycles. The lowest BCUT2D eigenvalue weighted by Gasteiger charge is -2.14. The number of amides is 1. The molecular formula is C24H22FNO4. The number of ether oxygens (including phenoxy) is 2. The molecular weight excluding hydrogens is 385 g/mol. The summed E-state index contributed by atoms with van der Waals surface area (Å²) in [6.07, 6.45) is -1.00. The normalized spacial score (nSPS) is 11.4. The van der Waals surface area contributed by atoms with Gasteiger partial charge in [0.25, 0.3) is 5.91 Å². The zero-order chi connectivity index (χ0) is 21.3. The minimum absolute atomic E-state index is 0.0364. The SMILES string of the molecule is C[C@@H](OC(=O)Cc1ccc(F)cc1)C(=O)Nc1ccc(OCc2ccccc2)cc1. The van der Waals surface area contributed by atoms with Crippen LogP contribution in [0.25, 0.3) is 0 Å². The lowest BCUT2D eigenvalue weighted by atomic mass is 10.1. The number of nitrogens with one attached hydrogen (secondary N) is 1. The van der Waals surface area contributed by atoms with Crippen LogP contribution in [-0.2, 0) is 27.4 Å². The lowest BCUT2D eigenvalue weighted by Crippen LogP contribution is -2.30. The second-order valence-corrected chi connectivity index (χ2v) is 6.72. The van der Waals surface area contributed by atoms with Crippen molar-refractivity contribution in [1.29, 1.82) is 0 Å². The van der Waals surface area contributed by atoms with Gasteiger partial charge in [-0.25, -0.2) is 4.39 Å². The van der Waals surface area contributed by atoms with E-state index in [1.807, 2.05) is 30.3 Å². The van der Waals surface area contributed by atoms with Crippen LogP contribution >= 0.6 is 0 Å². The van der Waals surface area contributed by atoms with E-state index in [0.29, 0.717) is 23.6 Å². The highest BCUT2D eigenvalue weighted by molar-refractivity contribution is 5.95. The summed E-state index contributed by atoms with van der Waals surface area (Å²) in [5.41, 5.74) is 2.24. The summed E-state index contributed by atoms with van der Waals surface area (Å²) in [6, 6.07) is 22.3. The van der Waals surface area contributed by atoms with Crippen LogP contribution in [0.5, 0.6) is 5.75 Å². The highest BCUT2D eigenvalue weighted by Crippen LogP contribution is 2.17. The summed E-state index contributed by atoms with van der Waals surface area (Å²) in [5, 5.41) is 2.70. The van der Waals surface area contributed by atoms with Gasteiger partial charge >= 0.3 is 5.97 Å². The molecule has 0 spiro atoms. The maximum atomic E-state index is 12.9. The van der Waals surface area contributed by atoms with Crippen molar-refractivity contribution in [1.82, 2.24) is 0 Å². The molecule has 3 aromatic rings. The second-order valence-electron chi connectivity index (χ2n) is 6.72. The van der Waals surface area contributed by atoms with Crippen molar-refractivity contribution < 1.29 is 23.5 Å². The monoisotopic (exact) mass is 407 g/mol. The minimum Gasteiger partial charge on any atom is -0.489 e. The Kier molecular flexibility index (Phi) is 7.16. The Labute approximate surface area is 174 Å². The van der Waals surface area contributed by atoms with Gasteiger partial charge in [0.15, 0.2) is 6.10 Å². The van der Waals surface area contributed by atoms with Gasteiger partial charge in [-0.15, -0.1) is 0 Å². The smallest absolute Gasteiger partial charge is 0.311 e. The van der Waals surface area contributed by atoms with Crippen LogP contribution < -0.4 is 10.1 Å². The molecule has 0 aliphatic heterocycles. The number of anilines is 1. The first-order valence-corrected chi connectivity index (χ1v) is 9.51. The molecule has 0 heterocycles. The summed E-state index contributed by atoms with van der Waals surface area (Å²) in [6.45, 7) is 1.95. The van der Waals surface area contributed by atoms with Crippen molar-refractivity contribution in [2.75, 3.05) is 5.32 Å². The van der Waals surface area contributed by atoms with Crippen LogP contribution in [0.4, 0.5) is 10.1 Å². The van der Waals surface area contributed by atoms with E-state index in [2.05, 4.69) is 5.32 Å². The molecule has 5 nitrogen and oxygen atoms in total. The molecule has 0 fully saturated rings. The molecule has 1 N–H and O–H groups in total. The van der Waals surface area contributed by atoms with Crippen molar-refractivity contribution in [3.8, 4) is 5.75 Å². The summed E-state index contributed by atoms with van der Waals surface area (Å²) in [5.74, 6) is -0.707. The van der Waals surface area contributed by atoms with Crippen molar-refractivity contribution in [3.05, 3.63) is 95.8 Å². The Morgan fingerprint density at radius 3 is 2.23 bits per heavy atom. The molecule has 6 heteroatoms. The Balaban J connectivity index is 1.46. The van der Waals surface area contributed by atoms with E-state index in [4.69, 9.17) is 9.47 Å². The topological polar surface area (TPSA) is 64.6 Å². The average molecular weight is 407 g/mol. The minimum atomic E-state index is -0.966. The first-order chi connectivity index (χ1) is 14.5. The van der Waals surface area contributed by atoms with Crippen LogP contribution in [0, 0.1) is 5.82 Å². The summed E-state index contributed by atoms with van der Waals surface area (Å²) < 4.78 is 23.8. The fourth-order valence-electron chi connectivity index (χ4n) is 2.68. The third kappa shape index (κ3) is 6.44.